The van der Waals surface area contributed by atoms with E-state index in [9.17, 15) is 13.2 Å². The van der Waals surface area contributed by atoms with Gasteiger partial charge in [-0.25, -0.2) is 8.42 Å². The first kappa shape index (κ1) is 15.3. The third-order valence-electron chi connectivity index (χ3n) is 2.99. The summed E-state index contributed by atoms with van der Waals surface area (Å²) < 4.78 is 23.3. The Bertz CT molecular complexity index is 581. The Morgan fingerprint density at radius 1 is 1.45 bits per heavy atom. The third kappa shape index (κ3) is 4.22. The van der Waals surface area contributed by atoms with Gasteiger partial charge in [0, 0.05) is 36.8 Å². The lowest BCUT2D eigenvalue weighted by atomic mass is 10.2. The molecule has 0 bridgehead atoms. The van der Waals surface area contributed by atoms with Crippen LogP contribution in [0.25, 0.3) is 0 Å². The van der Waals surface area contributed by atoms with E-state index in [0.29, 0.717) is 12.1 Å². The summed E-state index contributed by atoms with van der Waals surface area (Å²) in [6.45, 7) is 0.905. The molecule has 110 valence electrons. The first-order valence-electron chi connectivity index (χ1n) is 6.37. The molecule has 20 heavy (non-hydrogen) atoms. The minimum atomic E-state index is -3.35. The molecule has 5 nitrogen and oxygen atoms in total. The van der Waals surface area contributed by atoms with E-state index in [-0.39, 0.29) is 16.8 Å². The number of rotatable bonds is 4. The molecule has 1 saturated heterocycles. The first-order chi connectivity index (χ1) is 9.47. The second-order valence-electron chi connectivity index (χ2n) is 4.75. The molecule has 1 aliphatic heterocycles. The lowest BCUT2D eigenvalue weighted by Gasteiger charge is -2.22. The number of anilines is 1. The van der Waals surface area contributed by atoms with E-state index in [0.717, 1.165) is 24.3 Å². The molecule has 1 fully saturated rings. The molecule has 1 amide bonds. The number of benzene rings is 1. The topological polar surface area (TPSA) is 75.3 Å². The largest absolute Gasteiger partial charge is 0.325 e. The molecule has 0 spiro atoms. The van der Waals surface area contributed by atoms with Crippen LogP contribution in [0.4, 0.5) is 5.69 Å². The van der Waals surface area contributed by atoms with Crippen LogP contribution in [0.1, 0.15) is 6.42 Å². The smallest absolute Gasteiger partial charge is 0.226 e. The van der Waals surface area contributed by atoms with Gasteiger partial charge >= 0.3 is 0 Å². The van der Waals surface area contributed by atoms with Crippen molar-refractivity contribution in [2.24, 2.45) is 0 Å². The maximum absolute atomic E-state index is 12.0. The highest BCUT2D eigenvalue weighted by Crippen LogP contribution is 2.21. The Labute approximate surface area is 123 Å². The van der Waals surface area contributed by atoms with Crippen molar-refractivity contribution in [3.8, 4) is 0 Å². The van der Waals surface area contributed by atoms with Gasteiger partial charge in [0.25, 0.3) is 0 Å². The van der Waals surface area contributed by atoms with Crippen LogP contribution in [-0.4, -0.2) is 44.7 Å². The van der Waals surface area contributed by atoms with E-state index in [1.54, 1.807) is 18.2 Å². The predicted octanol–water partition coefficient (Wildman–Crippen LogP) is 1.12. The fourth-order valence-corrected chi connectivity index (χ4v) is 3.86. The van der Waals surface area contributed by atoms with Gasteiger partial charge in [0.1, 0.15) is 0 Å². The van der Waals surface area contributed by atoms with Crippen molar-refractivity contribution < 1.29 is 13.2 Å². The van der Waals surface area contributed by atoms with Gasteiger partial charge in [0.05, 0.1) is 10.6 Å². The van der Waals surface area contributed by atoms with Crippen LogP contribution in [0.3, 0.4) is 0 Å². The monoisotopic (exact) mass is 314 g/mol. The molecule has 1 aromatic carbocycles. The second kappa shape index (κ2) is 6.60. The van der Waals surface area contributed by atoms with Crippen LogP contribution in [0.15, 0.2) is 29.2 Å². The fourth-order valence-electron chi connectivity index (χ4n) is 2.07. The van der Waals surface area contributed by atoms with Crippen LogP contribution < -0.4 is 10.6 Å². The van der Waals surface area contributed by atoms with Crippen molar-refractivity contribution >= 4 is 33.2 Å². The zero-order valence-electron chi connectivity index (χ0n) is 11.3. The Morgan fingerprint density at radius 2 is 2.20 bits per heavy atom. The van der Waals surface area contributed by atoms with E-state index in [1.165, 1.54) is 6.07 Å². The first-order valence-corrected chi connectivity index (χ1v) is 9.41. The summed E-state index contributed by atoms with van der Waals surface area (Å²) in [5, 5.41) is 5.98. The molecule has 1 aromatic rings. The number of sulfone groups is 1. The number of para-hydroxylation sites is 1. The minimum absolute atomic E-state index is 0.152. The van der Waals surface area contributed by atoms with Crippen molar-refractivity contribution in [3.63, 3.8) is 0 Å². The average Bonchev–Trinajstić information content (AvgIpc) is 2.39. The third-order valence-corrected chi connectivity index (χ3v) is 5.28. The fraction of sp³-hybridized carbons (Fsp3) is 0.462. The molecule has 2 rings (SSSR count). The van der Waals surface area contributed by atoms with Gasteiger partial charge in [-0.15, -0.1) is 0 Å². The molecule has 1 heterocycles. The van der Waals surface area contributed by atoms with E-state index >= 15 is 0 Å². The summed E-state index contributed by atoms with van der Waals surface area (Å²) in [6.07, 6.45) is 1.49. The quantitative estimate of drug-likeness (QED) is 0.871. The summed E-state index contributed by atoms with van der Waals surface area (Å²) in [4.78, 5) is 12.2. The second-order valence-corrected chi connectivity index (χ2v) is 7.88. The molecular weight excluding hydrogens is 296 g/mol. The summed E-state index contributed by atoms with van der Waals surface area (Å²) in [5.74, 6) is 1.80. The van der Waals surface area contributed by atoms with E-state index in [4.69, 9.17) is 0 Å². The van der Waals surface area contributed by atoms with Crippen molar-refractivity contribution in [2.75, 3.05) is 29.6 Å². The normalized spacial score (nSPS) is 19.6. The lowest BCUT2D eigenvalue weighted by Crippen LogP contribution is -2.40. The number of nitrogens with one attached hydrogen (secondary N) is 2. The molecule has 2 N–H and O–H groups in total. The molecule has 1 unspecified atom stereocenters. The minimum Gasteiger partial charge on any atom is -0.325 e. The molecule has 0 saturated carbocycles. The van der Waals surface area contributed by atoms with Crippen molar-refractivity contribution in [1.82, 2.24) is 5.32 Å². The number of carbonyl (C=O) groups is 1. The van der Waals surface area contributed by atoms with Gasteiger partial charge in [-0.1, -0.05) is 12.1 Å². The molecule has 0 aliphatic carbocycles. The van der Waals surface area contributed by atoms with Gasteiger partial charge in [-0.3, -0.25) is 4.79 Å². The maximum atomic E-state index is 12.0. The maximum Gasteiger partial charge on any atom is 0.226 e. The number of carbonyl (C=O) groups excluding carboxylic acids is 1. The Morgan fingerprint density at radius 3 is 2.85 bits per heavy atom. The van der Waals surface area contributed by atoms with Gasteiger partial charge in [-0.05, 0) is 12.1 Å². The number of amides is 1. The van der Waals surface area contributed by atoms with Crippen LogP contribution in [0.2, 0.25) is 0 Å². The molecule has 7 heteroatoms. The Kier molecular flexibility index (Phi) is 5.06. The molecule has 1 aliphatic rings. The zero-order valence-corrected chi connectivity index (χ0v) is 12.9. The summed E-state index contributed by atoms with van der Waals surface area (Å²) in [5.41, 5.74) is 0.350. The van der Waals surface area contributed by atoms with Crippen molar-refractivity contribution in [3.05, 3.63) is 24.3 Å². The van der Waals surface area contributed by atoms with Crippen LogP contribution in [-0.2, 0) is 14.6 Å². The number of hydrogen-bond acceptors (Lipinski definition) is 5. The Hall–Kier alpha value is -1.05. The van der Waals surface area contributed by atoms with E-state index < -0.39 is 9.84 Å². The predicted molar refractivity (Wildman–Crippen MR) is 81.9 cm³/mol. The van der Waals surface area contributed by atoms with Crippen LogP contribution in [0, 0.1) is 0 Å². The van der Waals surface area contributed by atoms with Crippen molar-refractivity contribution in [2.45, 2.75) is 17.4 Å². The molecule has 0 radical (unpaired) electrons. The lowest BCUT2D eigenvalue weighted by molar-refractivity contribution is -0.116. The summed E-state index contributed by atoms with van der Waals surface area (Å²) in [7, 11) is -3.35. The van der Waals surface area contributed by atoms with Gasteiger partial charge in [0.15, 0.2) is 9.84 Å². The van der Waals surface area contributed by atoms with E-state index in [2.05, 4.69) is 10.6 Å². The standard InChI is InChI=1S/C13H18N2O3S2/c1-20(17,18)12-5-3-2-4-11(12)15-13(16)8-10-9-19-7-6-14-10/h2-5,10,14H,6-9H2,1H3,(H,15,16). The van der Waals surface area contributed by atoms with E-state index in [1.807, 2.05) is 11.8 Å². The highest BCUT2D eigenvalue weighted by atomic mass is 32.2. The zero-order chi connectivity index (χ0) is 14.6. The average molecular weight is 314 g/mol. The molecular formula is C13H18N2O3S2. The van der Waals surface area contributed by atoms with Gasteiger partial charge in [0.2, 0.25) is 5.91 Å². The van der Waals surface area contributed by atoms with Crippen molar-refractivity contribution in [1.29, 1.82) is 0 Å². The van der Waals surface area contributed by atoms with Crippen LogP contribution >= 0.6 is 11.8 Å². The van der Waals surface area contributed by atoms with Gasteiger partial charge in [-0.2, -0.15) is 11.8 Å². The number of thioether (sulfide) groups is 1. The highest BCUT2D eigenvalue weighted by molar-refractivity contribution is 7.99. The molecule has 0 aromatic heterocycles. The highest BCUT2D eigenvalue weighted by Gasteiger charge is 2.19. The van der Waals surface area contributed by atoms with Crippen LogP contribution in [0.5, 0.6) is 0 Å². The Balaban J connectivity index is 2.04. The number of hydrogen-bond donors (Lipinski definition) is 2. The molecule has 1 atom stereocenters. The van der Waals surface area contributed by atoms with Gasteiger partial charge < -0.3 is 10.6 Å². The summed E-state index contributed by atoms with van der Waals surface area (Å²) >= 11 is 1.82. The SMILES string of the molecule is CS(=O)(=O)c1ccccc1NC(=O)CC1CSCCN1. The summed E-state index contributed by atoms with van der Waals surface area (Å²) in [6, 6.07) is 6.61.